The molecule has 2 heterocycles. The van der Waals surface area contributed by atoms with Crippen LogP contribution in [0.15, 0.2) is 47.9 Å². The van der Waals surface area contributed by atoms with E-state index in [1.807, 2.05) is 23.4 Å². The second-order valence-corrected chi connectivity index (χ2v) is 6.93. The number of likely N-dealkylation sites (tertiary alicyclic amines) is 1. The predicted molar refractivity (Wildman–Crippen MR) is 93.5 cm³/mol. The molecule has 23 heavy (non-hydrogen) atoms. The summed E-state index contributed by atoms with van der Waals surface area (Å²) in [5, 5.41) is 0.986. The highest BCUT2D eigenvalue weighted by molar-refractivity contribution is 7.99. The zero-order valence-electron chi connectivity index (χ0n) is 13.4. The Hall–Kier alpha value is -1.75. The van der Waals surface area contributed by atoms with Gasteiger partial charge in [0, 0.05) is 44.2 Å². The van der Waals surface area contributed by atoms with Crippen molar-refractivity contribution in [3.63, 3.8) is 0 Å². The molecule has 0 saturated carbocycles. The van der Waals surface area contributed by atoms with Crippen LogP contribution < -0.4 is 0 Å². The van der Waals surface area contributed by atoms with Gasteiger partial charge < -0.3 is 9.47 Å². The number of thioether (sulfide) groups is 1. The first-order valence-corrected chi connectivity index (χ1v) is 9.27. The van der Waals surface area contributed by atoms with Crippen LogP contribution in [0.4, 0.5) is 0 Å². The van der Waals surface area contributed by atoms with Crippen molar-refractivity contribution >= 4 is 17.7 Å². The number of carbonyl (C=O) groups excluding carboxylic acids is 1. The van der Waals surface area contributed by atoms with Crippen LogP contribution in [-0.2, 0) is 11.3 Å². The molecule has 1 aliphatic heterocycles. The van der Waals surface area contributed by atoms with Gasteiger partial charge in [0.15, 0.2) is 5.16 Å². The quantitative estimate of drug-likeness (QED) is 0.762. The Bertz CT molecular complexity index is 620. The molecule has 122 valence electrons. The Kier molecular flexibility index (Phi) is 5.75. The van der Waals surface area contributed by atoms with Crippen LogP contribution in [0.1, 0.15) is 31.2 Å². The summed E-state index contributed by atoms with van der Waals surface area (Å²) < 4.78 is 2.14. The molecule has 0 spiro atoms. The molecule has 1 aromatic heterocycles. The summed E-state index contributed by atoms with van der Waals surface area (Å²) in [4.78, 5) is 18.6. The van der Waals surface area contributed by atoms with Gasteiger partial charge in [0.05, 0.1) is 0 Å². The van der Waals surface area contributed by atoms with Gasteiger partial charge in [0.2, 0.25) is 5.91 Å². The first-order chi connectivity index (χ1) is 11.3. The third-order valence-electron chi connectivity index (χ3n) is 4.13. The summed E-state index contributed by atoms with van der Waals surface area (Å²) in [6.07, 6.45) is 8.00. The molecule has 2 aromatic rings. The minimum Gasteiger partial charge on any atom is -0.343 e. The average molecular weight is 329 g/mol. The second kappa shape index (κ2) is 8.20. The largest absolute Gasteiger partial charge is 0.343 e. The van der Waals surface area contributed by atoms with E-state index in [9.17, 15) is 4.79 Å². The lowest BCUT2D eigenvalue weighted by atomic mass is 10.1. The highest BCUT2D eigenvalue weighted by Gasteiger charge is 2.16. The fourth-order valence-electron chi connectivity index (χ4n) is 2.87. The lowest BCUT2D eigenvalue weighted by Gasteiger charge is -2.26. The Morgan fingerprint density at radius 3 is 2.70 bits per heavy atom. The summed E-state index contributed by atoms with van der Waals surface area (Å²) in [7, 11) is 0. The molecule has 1 amide bonds. The maximum Gasteiger partial charge on any atom is 0.223 e. The van der Waals surface area contributed by atoms with E-state index >= 15 is 0 Å². The van der Waals surface area contributed by atoms with Crippen molar-refractivity contribution in [2.75, 3.05) is 18.8 Å². The van der Waals surface area contributed by atoms with Crippen LogP contribution in [0, 0.1) is 0 Å². The fourth-order valence-corrected chi connectivity index (χ4v) is 3.75. The van der Waals surface area contributed by atoms with Crippen LogP contribution in [0.5, 0.6) is 0 Å². The molecule has 1 aromatic carbocycles. The number of rotatable bonds is 6. The van der Waals surface area contributed by atoms with Crippen molar-refractivity contribution in [2.45, 2.75) is 37.4 Å². The molecule has 3 rings (SSSR count). The van der Waals surface area contributed by atoms with Crippen molar-refractivity contribution in [1.82, 2.24) is 14.5 Å². The third-order valence-corrected chi connectivity index (χ3v) is 5.14. The lowest BCUT2D eigenvalue weighted by molar-refractivity contribution is -0.131. The Morgan fingerprint density at radius 1 is 1.13 bits per heavy atom. The number of imidazole rings is 1. The van der Waals surface area contributed by atoms with Crippen LogP contribution >= 0.6 is 11.8 Å². The van der Waals surface area contributed by atoms with Crippen molar-refractivity contribution in [3.05, 3.63) is 48.3 Å². The predicted octanol–water partition coefficient (Wildman–Crippen LogP) is 3.43. The first kappa shape index (κ1) is 16.1. The summed E-state index contributed by atoms with van der Waals surface area (Å²) in [5.41, 5.74) is 1.26. The Labute approximate surface area is 141 Å². The number of carbonyl (C=O) groups is 1. The number of hydrogen-bond donors (Lipinski definition) is 0. The number of hydrogen-bond acceptors (Lipinski definition) is 3. The van der Waals surface area contributed by atoms with Gasteiger partial charge in [-0.15, -0.1) is 0 Å². The van der Waals surface area contributed by atoms with E-state index in [-0.39, 0.29) is 0 Å². The van der Waals surface area contributed by atoms with Crippen LogP contribution in [0.3, 0.4) is 0 Å². The van der Waals surface area contributed by atoms with E-state index in [2.05, 4.69) is 33.8 Å². The van der Waals surface area contributed by atoms with Crippen molar-refractivity contribution in [2.24, 2.45) is 0 Å². The molecule has 0 radical (unpaired) electrons. The molecule has 0 unspecified atom stereocenters. The van der Waals surface area contributed by atoms with Gasteiger partial charge >= 0.3 is 0 Å². The summed E-state index contributed by atoms with van der Waals surface area (Å²) in [6, 6.07) is 10.4. The molecular weight excluding hydrogens is 306 g/mol. The van der Waals surface area contributed by atoms with E-state index in [4.69, 9.17) is 0 Å². The average Bonchev–Trinajstić information content (AvgIpc) is 3.03. The van der Waals surface area contributed by atoms with Crippen LogP contribution in [0.2, 0.25) is 0 Å². The van der Waals surface area contributed by atoms with Gasteiger partial charge in [-0.2, -0.15) is 0 Å². The molecule has 5 heteroatoms. The molecule has 4 nitrogen and oxygen atoms in total. The SMILES string of the molecule is O=C(CCSc1nccn1Cc1ccccc1)N1CCCCC1. The van der Waals surface area contributed by atoms with E-state index in [0.29, 0.717) is 12.3 Å². The topological polar surface area (TPSA) is 38.1 Å². The highest BCUT2D eigenvalue weighted by atomic mass is 32.2. The summed E-state index contributed by atoms with van der Waals surface area (Å²) >= 11 is 1.67. The first-order valence-electron chi connectivity index (χ1n) is 8.28. The zero-order valence-corrected chi connectivity index (χ0v) is 14.2. The number of amides is 1. The second-order valence-electron chi connectivity index (χ2n) is 5.86. The number of aromatic nitrogens is 2. The molecule has 0 atom stereocenters. The van der Waals surface area contributed by atoms with E-state index in [1.54, 1.807) is 11.8 Å². The molecule has 0 bridgehead atoms. The van der Waals surface area contributed by atoms with E-state index in [1.165, 1.54) is 12.0 Å². The maximum atomic E-state index is 12.2. The van der Waals surface area contributed by atoms with E-state index in [0.717, 1.165) is 43.4 Å². The Balaban J connectivity index is 1.49. The molecule has 0 aliphatic carbocycles. The van der Waals surface area contributed by atoms with Crippen LogP contribution in [0.25, 0.3) is 0 Å². The minimum atomic E-state index is 0.290. The number of piperidine rings is 1. The zero-order chi connectivity index (χ0) is 15.9. The lowest BCUT2D eigenvalue weighted by Crippen LogP contribution is -2.35. The van der Waals surface area contributed by atoms with Gasteiger partial charge in [-0.3, -0.25) is 4.79 Å². The maximum absolute atomic E-state index is 12.2. The van der Waals surface area contributed by atoms with Crippen LogP contribution in [-0.4, -0.2) is 39.2 Å². The van der Waals surface area contributed by atoms with Gasteiger partial charge in [-0.1, -0.05) is 42.1 Å². The minimum absolute atomic E-state index is 0.290. The summed E-state index contributed by atoms with van der Waals surface area (Å²) in [5.74, 6) is 1.08. The third kappa shape index (κ3) is 4.61. The molecular formula is C18H23N3OS. The molecule has 1 aliphatic rings. The van der Waals surface area contributed by atoms with Crippen molar-refractivity contribution in [1.29, 1.82) is 0 Å². The Morgan fingerprint density at radius 2 is 1.91 bits per heavy atom. The monoisotopic (exact) mass is 329 g/mol. The number of nitrogens with zero attached hydrogens (tertiary/aromatic N) is 3. The number of benzene rings is 1. The highest BCUT2D eigenvalue weighted by Crippen LogP contribution is 2.19. The molecule has 1 fully saturated rings. The van der Waals surface area contributed by atoms with Crippen molar-refractivity contribution < 1.29 is 4.79 Å². The van der Waals surface area contributed by atoms with Crippen molar-refractivity contribution in [3.8, 4) is 0 Å². The molecule has 1 saturated heterocycles. The van der Waals surface area contributed by atoms with E-state index < -0.39 is 0 Å². The standard InChI is InChI=1S/C18H23N3OS/c22-17(20-11-5-2-6-12-20)9-14-23-18-19-10-13-21(18)15-16-7-3-1-4-8-16/h1,3-4,7-8,10,13H,2,5-6,9,11-12,14-15H2. The van der Waals surface area contributed by atoms with Gasteiger partial charge in [0.25, 0.3) is 0 Å². The van der Waals surface area contributed by atoms with Gasteiger partial charge in [-0.25, -0.2) is 4.98 Å². The van der Waals surface area contributed by atoms with Gasteiger partial charge in [-0.05, 0) is 24.8 Å². The van der Waals surface area contributed by atoms with Gasteiger partial charge in [0.1, 0.15) is 0 Å². The fraction of sp³-hybridized carbons (Fsp3) is 0.444. The normalized spacial score (nSPS) is 14.9. The smallest absolute Gasteiger partial charge is 0.223 e. The molecule has 0 N–H and O–H groups in total. The summed E-state index contributed by atoms with van der Waals surface area (Å²) in [6.45, 7) is 2.70.